The first-order chi connectivity index (χ1) is 16.6. The average Bonchev–Trinajstić information content (AvgIpc) is 3.55. The number of hydrogen-bond acceptors (Lipinski definition) is 4. The van der Waals surface area contributed by atoms with Gasteiger partial charge in [-0.1, -0.05) is 29.3 Å². The number of carbonyl (C=O) groups excluding carboxylic acids is 1. The van der Waals surface area contributed by atoms with Crippen molar-refractivity contribution in [2.45, 2.75) is 50.9 Å². The lowest BCUT2D eigenvalue weighted by Crippen LogP contribution is -2.49. The van der Waals surface area contributed by atoms with Gasteiger partial charge in [-0.2, -0.15) is 18.3 Å². The van der Waals surface area contributed by atoms with Gasteiger partial charge >= 0.3 is 6.18 Å². The quantitative estimate of drug-likeness (QED) is 0.519. The van der Waals surface area contributed by atoms with Crippen molar-refractivity contribution in [2.24, 2.45) is 10.9 Å². The number of carbonyl (C=O) groups is 1. The number of aliphatic imine (C=N–C) groups is 1. The molecule has 5 rings (SSSR count). The zero-order valence-electron chi connectivity index (χ0n) is 19.2. The molecule has 0 saturated carbocycles. The molecule has 4 heterocycles. The highest BCUT2D eigenvalue weighted by atomic mass is 35.5. The Hall–Kier alpha value is -2.10. The van der Waals surface area contributed by atoms with Crippen LogP contribution in [0.1, 0.15) is 49.8 Å². The second-order valence-corrected chi connectivity index (χ2v) is 10.3. The van der Waals surface area contributed by atoms with E-state index >= 15 is 0 Å². The highest BCUT2D eigenvalue weighted by Gasteiger charge is 2.46. The number of likely N-dealkylation sites (tertiary alicyclic amines) is 2. The molecule has 0 N–H and O–H groups in total. The van der Waals surface area contributed by atoms with E-state index in [0.717, 1.165) is 51.5 Å². The summed E-state index contributed by atoms with van der Waals surface area (Å²) < 4.78 is 42.3. The van der Waals surface area contributed by atoms with Crippen molar-refractivity contribution in [3.63, 3.8) is 0 Å². The third kappa shape index (κ3) is 4.58. The van der Waals surface area contributed by atoms with Gasteiger partial charge in [0.2, 0.25) is 5.91 Å². The Morgan fingerprint density at radius 1 is 1.11 bits per heavy atom. The smallest absolute Gasteiger partial charge is 0.338 e. The normalized spacial score (nSPS) is 25.1. The van der Waals surface area contributed by atoms with Gasteiger partial charge in [-0.3, -0.25) is 4.79 Å². The van der Waals surface area contributed by atoms with E-state index in [9.17, 15) is 18.0 Å². The summed E-state index contributed by atoms with van der Waals surface area (Å²) >= 11 is 12.4. The molecule has 2 saturated heterocycles. The third-order valence-electron chi connectivity index (χ3n) is 7.27. The zero-order valence-corrected chi connectivity index (χ0v) is 20.7. The molecule has 1 amide bonds. The molecular weight excluding hydrogens is 502 g/mol. The highest BCUT2D eigenvalue weighted by Crippen LogP contribution is 2.45. The summed E-state index contributed by atoms with van der Waals surface area (Å²) in [6, 6.07) is 4.11. The van der Waals surface area contributed by atoms with E-state index in [2.05, 4.69) is 15.0 Å². The van der Waals surface area contributed by atoms with Crippen molar-refractivity contribution >= 4 is 40.6 Å². The molecule has 2 unspecified atom stereocenters. The van der Waals surface area contributed by atoms with Crippen molar-refractivity contribution in [1.29, 1.82) is 0 Å². The first-order valence-electron chi connectivity index (χ1n) is 11.8. The van der Waals surface area contributed by atoms with Crippen molar-refractivity contribution < 1.29 is 18.0 Å². The van der Waals surface area contributed by atoms with Crippen LogP contribution in [0.3, 0.4) is 0 Å². The summed E-state index contributed by atoms with van der Waals surface area (Å²) in [5, 5.41) is 4.64. The lowest BCUT2D eigenvalue weighted by molar-refractivity contribution is -0.137. The van der Waals surface area contributed by atoms with E-state index in [-0.39, 0.29) is 22.8 Å². The summed E-state index contributed by atoms with van der Waals surface area (Å²) in [7, 11) is 0. The SMILES string of the molecule is CC1=Nc2c(C(F)(F)F)cnn2C(c2ccc(Cl)c(Cl)c2)C1C(=O)N1CCC[C@H]1CN1CCCC1. The first-order valence-corrected chi connectivity index (χ1v) is 12.6. The summed E-state index contributed by atoms with van der Waals surface area (Å²) in [6.45, 7) is 5.12. The average molecular weight is 528 g/mol. The molecule has 3 atom stereocenters. The van der Waals surface area contributed by atoms with Crippen LogP contribution in [0, 0.1) is 5.92 Å². The van der Waals surface area contributed by atoms with Crippen LogP contribution in [0.15, 0.2) is 29.4 Å². The summed E-state index contributed by atoms with van der Waals surface area (Å²) in [4.78, 5) is 22.6. The topological polar surface area (TPSA) is 53.7 Å². The lowest BCUT2D eigenvalue weighted by Gasteiger charge is -2.36. The van der Waals surface area contributed by atoms with Crippen LogP contribution in [0.2, 0.25) is 10.0 Å². The minimum atomic E-state index is -4.62. The van der Waals surface area contributed by atoms with E-state index < -0.39 is 23.7 Å². The van der Waals surface area contributed by atoms with Gasteiger partial charge < -0.3 is 9.80 Å². The number of benzene rings is 1. The molecule has 0 spiro atoms. The molecule has 0 aliphatic carbocycles. The van der Waals surface area contributed by atoms with Crippen LogP contribution in [-0.2, 0) is 11.0 Å². The lowest BCUT2D eigenvalue weighted by atomic mass is 9.86. The number of fused-ring (bicyclic) bond motifs is 1. The van der Waals surface area contributed by atoms with Gasteiger partial charge in [0.05, 0.1) is 22.3 Å². The van der Waals surface area contributed by atoms with Gasteiger partial charge in [-0.25, -0.2) is 9.67 Å². The first kappa shape index (κ1) is 24.6. The van der Waals surface area contributed by atoms with Gasteiger partial charge in [0.15, 0.2) is 5.82 Å². The summed E-state index contributed by atoms with van der Waals surface area (Å²) in [5.74, 6) is -1.25. The van der Waals surface area contributed by atoms with Crippen LogP contribution in [0.5, 0.6) is 0 Å². The number of rotatable bonds is 4. The van der Waals surface area contributed by atoms with Crippen LogP contribution in [0.4, 0.5) is 19.0 Å². The molecule has 35 heavy (non-hydrogen) atoms. The number of nitrogens with zero attached hydrogens (tertiary/aromatic N) is 5. The Morgan fingerprint density at radius 2 is 1.86 bits per heavy atom. The number of hydrogen-bond donors (Lipinski definition) is 0. The van der Waals surface area contributed by atoms with Crippen LogP contribution < -0.4 is 0 Å². The summed E-state index contributed by atoms with van der Waals surface area (Å²) in [6.07, 6.45) is 0.293. The van der Waals surface area contributed by atoms with Crippen molar-refractivity contribution in [3.05, 3.63) is 45.6 Å². The fourth-order valence-electron chi connectivity index (χ4n) is 5.58. The van der Waals surface area contributed by atoms with Gasteiger partial charge in [0.25, 0.3) is 0 Å². The van der Waals surface area contributed by atoms with E-state index in [1.54, 1.807) is 25.1 Å². The van der Waals surface area contributed by atoms with Gasteiger partial charge in [-0.15, -0.1) is 0 Å². The van der Waals surface area contributed by atoms with E-state index in [1.807, 2.05) is 4.90 Å². The Bertz CT molecular complexity index is 1160. The van der Waals surface area contributed by atoms with E-state index in [0.29, 0.717) is 22.8 Å². The number of aromatic nitrogens is 2. The Balaban J connectivity index is 1.55. The second-order valence-electron chi connectivity index (χ2n) is 9.51. The maximum absolute atomic E-state index is 14.0. The maximum atomic E-state index is 14.0. The molecule has 1 aromatic carbocycles. The van der Waals surface area contributed by atoms with E-state index in [1.165, 1.54) is 4.68 Å². The van der Waals surface area contributed by atoms with Crippen LogP contribution in [0.25, 0.3) is 0 Å². The molecule has 2 fully saturated rings. The standard InChI is InChI=1S/C24H26Cl2F3N5O/c1-14-20(23(35)33-10-4-5-16(33)13-32-8-2-3-9-32)21(15-6-7-18(25)19(26)11-15)34-22(31-14)17(12-30-34)24(27,28)29/h6-7,11-12,16,20-21H,2-5,8-10,13H2,1H3/t16-,20?,21?/m0/s1. The van der Waals surface area contributed by atoms with Gasteiger partial charge in [0.1, 0.15) is 11.5 Å². The molecule has 2 aromatic rings. The minimum Gasteiger partial charge on any atom is -0.338 e. The fourth-order valence-corrected chi connectivity index (χ4v) is 5.88. The monoisotopic (exact) mass is 527 g/mol. The van der Waals surface area contributed by atoms with E-state index in [4.69, 9.17) is 23.2 Å². The fraction of sp³-hybridized carbons (Fsp3) is 0.542. The maximum Gasteiger partial charge on any atom is 0.421 e. The molecule has 11 heteroatoms. The van der Waals surface area contributed by atoms with Crippen molar-refractivity contribution in [3.8, 4) is 0 Å². The Kier molecular flexibility index (Phi) is 6.61. The predicted octanol–water partition coefficient (Wildman–Crippen LogP) is 5.61. The molecule has 1 aromatic heterocycles. The predicted molar refractivity (Wildman–Crippen MR) is 128 cm³/mol. The second kappa shape index (κ2) is 9.41. The highest BCUT2D eigenvalue weighted by molar-refractivity contribution is 6.42. The molecule has 3 aliphatic rings. The number of amides is 1. The largest absolute Gasteiger partial charge is 0.421 e. The molecule has 0 radical (unpaired) electrons. The minimum absolute atomic E-state index is 0.0765. The molecule has 3 aliphatic heterocycles. The summed E-state index contributed by atoms with van der Waals surface area (Å²) in [5.41, 5.74) is -0.0438. The van der Waals surface area contributed by atoms with Crippen molar-refractivity contribution in [1.82, 2.24) is 19.6 Å². The van der Waals surface area contributed by atoms with Gasteiger partial charge in [-0.05, 0) is 63.4 Å². The van der Waals surface area contributed by atoms with Gasteiger partial charge in [0, 0.05) is 24.8 Å². The molecule has 6 nitrogen and oxygen atoms in total. The molecular formula is C24H26Cl2F3N5O. The Morgan fingerprint density at radius 3 is 2.54 bits per heavy atom. The number of halogens is 5. The number of alkyl halides is 3. The third-order valence-corrected chi connectivity index (χ3v) is 8.00. The zero-order chi connectivity index (χ0) is 24.9. The molecule has 0 bridgehead atoms. The van der Waals surface area contributed by atoms with Crippen LogP contribution in [-0.4, -0.2) is 63.4 Å². The Labute approximate surface area is 211 Å². The molecule has 188 valence electrons. The van der Waals surface area contributed by atoms with Crippen LogP contribution >= 0.6 is 23.2 Å². The van der Waals surface area contributed by atoms with Crippen molar-refractivity contribution in [2.75, 3.05) is 26.2 Å².